The Kier molecular flexibility index (Phi) is 4.09. The summed E-state index contributed by atoms with van der Waals surface area (Å²) in [5, 5.41) is 12.6. The third-order valence-electron chi connectivity index (χ3n) is 2.74. The van der Waals surface area contributed by atoms with E-state index in [1.54, 1.807) is 13.8 Å². The van der Waals surface area contributed by atoms with Crippen LogP contribution in [0.4, 0.5) is 0 Å². The van der Waals surface area contributed by atoms with Crippen molar-refractivity contribution in [1.82, 2.24) is 19.4 Å². The summed E-state index contributed by atoms with van der Waals surface area (Å²) in [6, 6.07) is 0.929. The molecule has 0 radical (unpaired) electrons. The first-order valence-electron chi connectivity index (χ1n) is 6.01. The topological polar surface area (TPSA) is 127 Å². The molecule has 0 bridgehead atoms. The van der Waals surface area contributed by atoms with Gasteiger partial charge in [0.1, 0.15) is 10.6 Å². The highest BCUT2D eigenvalue weighted by molar-refractivity contribution is 7.89. The molecule has 21 heavy (non-hydrogen) atoms. The van der Waals surface area contributed by atoms with E-state index in [-0.39, 0.29) is 29.0 Å². The third kappa shape index (κ3) is 3.28. The molecule has 0 amide bonds. The molecule has 0 aliphatic heterocycles. The van der Waals surface area contributed by atoms with Crippen molar-refractivity contribution < 1.29 is 22.8 Å². The van der Waals surface area contributed by atoms with E-state index in [9.17, 15) is 13.2 Å². The number of sulfonamides is 1. The average Bonchev–Trinajstić information content (AvgIpc) is 3.06. The lowest BCUT2D eigenvalue weighted by molar-refractivity contribution is 0.0683. The Labute approximate surface area is 120 Å². The summed E-state index contributed by atoms with van der Waals surface area (Å²) in [7, 11) is -3.86. The van der Waals surface area contributed by atoms with Crippen molar-refractivity contribution in [3.8, 4) is 0 Å². The molecule has 10 heteroatoms. The van der Waals surface area contributed by atoms with Gasteiger partial charge < -0.3 is 14.2 Å². The molecule has 2 heterocycles. The minimum absolute atomic E-state index is 0.0927. The van der Waals surface area contributed by atoms with Crippen LogP contribution in [0.3, 0.4) is 0 Å². The van der Waals surface area contributed by atoms with Gasteiger partial charge in [0.2, 0.25) is 16.4 Å². The molecule has 2 rings (SSSR count). The number of carboxylic acid groups (broad SMARTS) is 1. The second kappa shape index (κ2) is 5.66. The lowest BCUT2D eigenvalue weighted by Crippen LogP contribution is -2.23. The molecule has 0 saturated heterocycles. The highest BCUT2D eigenvalue weighted by atomic mass is 32.2. The molecule has 2 aromatic rings. The third-order valence-corrected chi connectivity index (χ3v) is 4.10. The Morgan fingerprint density at radius 2 is 2.24 bits per heavy atom. The van der Waals surface area contributed by atoms with E-state index < -0.39 is 16.0 Å². The van der Waals surface area contributed by atoms with Crippen molar-refractivity contribution >= 4 is 16.0 Å². The molecule has 0 unspecified atom stereocenters. The van der Waals surface area contributed by atoms with Crippen LogP contribution in [-0.2, 0) is 16.6 Å². The van der Waals surface area contributed by atoms with Gasteiger partial charge in [-0.05, 0) is 19.9 Å². The molecule has 0 atom stereocenters. The van der Waals surface area contributed by atoms with E-state index in [0.717, 1.165) is 12.5 Å². The van der Waals surface area contributed by atoms with Gasteiger partial charge in [0.15, 0.2) is 5.82 Å². The molecule has 0 aliphatic rings. The molecular weight excluding hydrogens is 300 g/mol. The van der Waals surface area contributed by atoms with Gasteiger partial charge in [0.25, 0.3) is 0 Å². The summed E-state index contributed by atoms with van der Waals surface area (Å²) >= 11 is 0. The highest BCUT2D eigenvalue weighted by Crippen LogP contribution is 2.19. The summed E-state index contributed by atoms with van der Waals surface area (Å²) < 4.78 is 32.4. The van der Waals surface area contributed by atoms with Crippen molar-refractivity contribution in [3.05, 3.63) is 30.2 Å². The minimum atomic E-state index is -3.86. The van der Waals surface area contributed by atoms with Gasteiger partial charge in [-0.15, -0.1) is 0 Å². The number of hydrogen-bond acceptors (Lipinski definition) is 6. The molecule has 0 spiro atoms. The number of nitrogens with zero attached hydrogens (tertiary/aromatic N) is 3. The molecular formula is C11H14N4O5S. The van der Waals surface area contributed by atoms with Crippen LogP contribution in [0.1, 0.15) is 36.2 Å². The lowest BCUT2D eigenvalue weighted by atomic mass is 10.3. The van der Waals surface area contributed by atoms with Crippen molar-refractivity contribution in [1.29, 1.82) is 0 Å². The number of carbonyl (C=O) groups is 1. The van der Waals surface area contributed by atoms with Gasteiger partial charge >= 0.3 is 5.97 Å². The first-order chi connectivity index (χ1) is 9.81. The SMILES string of the molecule is CC(C)n1cc(S(=O)(=O)NCc2ncon2)cc1C(=O)O. The fourth-order valence-electron chi connectivity index (χ4n) is 1.71. The van der Waals surface area contributed by atoms with Gasteiger partial charge in [0.05, 0.1) is 6.54 Å². The Bertz CT molecular complexity index is 733. The average molecular weight is 314 g/mol. The van der Waals surface area contributed by atoms with Gasteiger partial charge in [-0.1, -0.05) is 5.16 Å². The maximum atomic E-state index is 12.1. The van der Waals surface area contributed by atoms with E-state index >= 15 is 0 Å². The van der Waals surface area contributed by atoms with Gasteiger partial charge in [-0.3, -0.25) is 0 Å². The van der Waals surface area contributed by atoms with E-state index in [0.29, 0.717) is 0 Å². The van der Waals surface area contributed by atoms with Crippen LogP contribution in [0, 0.1) is 0 Å². The van der Waals surface area contributed by atoms with E-state index in [1.165, 1.54) is 10.8 Å². The molecule has 0 fully saturated rings. The van der Waals surface area contributed by atoms with Crippen molar-refractivity contribution in [2.75, 3.05) is 0 Å². The van der Waals surface area contributed by atoms with Crippen LogP contribution in [0.15, 0.2) is 28.1 Å². The summed E-state index contributed by atoms with van der Waals surface area (Å²) in [6.07, 6.45) is 2.37. The maximum Gasteiger partial charge on any atom is 0.352 e. The van der Waals surface area contributed by atoms with E-state index in [1.807, 2.05) is 0 Å². The highest BCUT2D eigenvalue weighted by Gasteiger charge is 2.22. The Morgan fingerprint density at radius 3 is 2.71 bits per heavy atom. The summed E-state index contributed by atoms with van der Waals surface area (Å²) in [5.74, 6) is -1.01. The van der Waals surface area contributed by atoms with Crippen LogP contribution in [0.25, 0.3) is 0 Å². The van der Waals surface area contributed by atoms with Crippen molar-refractivity contribution in [2.45, 2.75) is 31.3 Å². The molecule has 2 aromatic heterocycles. The van der Waals surface area contributed by atoms with Gasteiger partial charge in [0, 0.05) is 12.2 Å². The first kappa shape index (κ1) is 15.2. The fraction of sp³-hybridized carbons (Fsp3) is 0.364. The molecule has 2 N–H and O–H groups in total. The number of aromatic nitrogens is 3. The lowest BCUT2D eigenvalue weighted by Gasteiger charge is -2.09. The molecule has 9 nitrogen and oxygen atoms in total. The molecule has 0 aliphatic carbocycles. The predicted octanol–water partition coefficient (Wildman–Crippen LogP) is 0.629. The Morgan fingerprint density at radius 1 is 1.52 bits per heavy atom. The van der Waals surface area contributed by atoms with E-state index in [2.05, 4.69) is 19.4 Å². The molecule has 0 aromatic carbocycles. The zero-order chi connectivity index (χ0) is 15.6. The van der Waals surface area contributed by atoms with Crippen LogP contribution in [0.2, 0.25) is 0 Å². The predicted molar refractivity (Wildman–Crippen MR) is 70.1 cm³/mol. The minimum Gasteiger partial charge on any atom is -0.477 e. The number of hydrogen-bond donors (Lipinski definition) is 2. The number of rotatable bonds is 6. The Hall–Kier alpha value is -2.20. The van der Waals surface area contributed by atoms with Crippen LogP contribution < -0.4 is 4.72 Å². The van der Waals surface area contributed by atoms with Crippen LogP contribution >= 0.6 is 0 Å². The zero-order valence-corrected chi connectivity index (χ0v) is 12.2. The smallest absolute Gasteiger partial charge is 0.352 e. The summed E-state index contributed by atoms with van der Waals surface area (Å²) in [6.45, 7) is 3.37. The van der Waals surface area contributed by atoms with Crippen molar-refractivity contribution in [2.24, 2.45) is 0 Å². The second-order valence-electron chi connectivity index (χ2n) is 4.54. The monoisotopic (exact) mass is 314 g/mol. The molecule has 114 valence electrons. The molecule has 0 saturated carbocycles. The summed E-state index contributed by atoms with van der Waals surface area (Å²) in [4.78, 5) is 14.7. The van der Waals surface area contributed by atoms with Crippen LogP contribution in [0.5, 0.6) is 0 Å². The van der Waals surface area contributed by atoms with Crippen LogP contribution in [-0.4, -0.2) is 34.2 Å². The number of nitrogens with one attached hydrogen (secondary N) is 1. The van der Waals surface area contributed by atoms with Crippen molar-refractivity contribution in [3.63, 3.8) is 0 Å². The quantitative estimate of drug-likeness (QED) is 0.800. The van der Waals surface area contributed by atoms with Gasteiger partial charge in [-0.25, -0.2) is 17.9 Å². The largest absolute Gasteiger partial charge is 0.477 e. The zero-order valence-electron chi connectivity index (χ0n) is 11.3. The number of carboxylic acids is 1. The van der Waals surface area contributed by atoms with E-state index in [4.69, 9.17) is 5.11 Å². The normalized spacial score (nSPS) is 12.0. The fourth-order valence-corrected chi connectivity index (χ4v) is 2.72. The number of aromatic carboxylic acids is 1. The standard InChI is InChI=1S/C11H14N4O5S/c1-7(2)15-5-8(3-9(15)11(16)17)21(18,19)13-4-10-12-6-20-14-10/h3,5-7,13H,4H2,1-2H3,(H,16,17). The maximum absolute atomic E-state index is 12.1. The Balaban J connectivity index is 2.27. The summed E-state index contributed by atoms with van der Waals surface area (Å²) in [5.41, 5.74) is -0.0927. The van der Waals surface area contributed by atoms with Gasteiger partial charge in [-0.2, -0.15) is 4.98 Å². The second-order valence-corrected chi connectivity index (χ2v) is 6.31. The first-order valence-corrected chi connectivity index (χ1v) is 7.49.